The fraction of sp³-hybridized carbons (Fsp3) is 0.300. The van der Waals surface area contributed by atoms with Gasteiger partial charge in [-0.2, -0.15) is 0 Å². The molecule has 1 aromatic rings. The summed E-state index contributed by atoms with van der Waals surface area (Å²) in [7, 11) is 0. The van der Waals surface area contributed by atoms with Gasteiger partial charge in [0.25, 0.3) is 0 Å². The van der Waals surface area contributed by atoms with E-state index >= 15 is 0 Å². The molecule has 0 spiro atoms. The van der Waals surface area contributed by atoms with Gasteiger partial charge < -0.3 is 14.6 Å². The van der Waals surface area contributed by atoms with E-state index in [0.717, 1.165) is 11.1 Å². The number of carboxylic acid groups (broad SMARTS) is 1. The summed E-state index contributed by atoms with van der Waals surface area (Å²) in [5, 5.41) is 10.1. The van der Waals surface area contributed by atoms with Crippen LogP contribution in [0.4, 0.5) is 0 Å². The maximum atomic E-state index is 10.1. The summed E-state index contributed by atoms with van der Waals surface area (Å²) in [5.41, 5.74) is 2.10. The van der Waals surface area contributed by atoms with Crippen molar-refractivity contribution < 1.29 is 66.0 Å². The van der Waals surface area contributed by atoms with Crippen molar-refractivity contribution in [3.05, 3.63) is 29.3 Å². The molecule has 0 radical (unpaired) electrons. The van der Waals surface area contributed by atoms with Gasteiger partial charge in [-0.25, -0.2) is 0 Å². The molecular weight excluding hydrogens is 207 g/mol. The summed E-state index contributed by atoms with van der Waals surface area (Å²) in [6, 6.07) is 5.57. The number of rotatable bonds is 3. The van der Waals surface area contributed by atoms with E-state index in [-0.39, 0.29) is 51.4 Å². The van der Waals surface area contributed by atoms with Gasteiger partial charge in [0.15, 0.2) is 0 Å². The topological polar surface area (TPSA) is 49.4 Å². The molecule has 4 heteroatoms. The molecule has 14 heavy (non-hydrogen) atoms. The summed E-state index contributed by atoms with van der Waals surface area (Å²) in [6.45, 7) is 3.46. The summed E-state index contributed by atoms with van der Waals surface area (Å²) < 4.78 is 4.97. The maximum absolute atomic E-state index is 10.1. The van der Waals surface area contributed by atoms with E-state index < -0.39 is 12.6 Å². The van der Waals surface area contributed by atoms with Gasteiger partial charge in [-0.3, -0.25) is 0 Å². The van der Waals surface area contributed by atoms with Gasteiger partial charge in [0, 0.05) is 0 Å². The van der Waals surface area contributed by atoms with E-state index in [4.69, 9.17) is 4.74 Å². The van der Waals surface area contributed by atoms with Crippen LogP contribution < -0.4 is 61.2 Å². The number of carbonyl (C=O) groups is 1. The molecule has 0 amide bonds. The zero-order chi connectivity index (χ0) is 9.84. The minimum absolute atomic E-state index is 0. The number of aliphatic carboxylic acids is 1. The van der Waals surface area contributed by atoms with Crippen molar-refractivity contribution in [2.75, 3.05) is 6.61 Å². The Bertz CT molecular complexity index is 303. The molecule has 0 aliphatic heterocycles. The Labute approximate surface area is 126 Å². The number of hydrogen-bond donors (Lipinski definition) is 0. The van der Waals surface area contributed by atoms with E-state index in [1.54, 1.807) is 12.1 Å². The van der Waals surface area contributed by atoms with E-state index in [9.17, 15) is 9.90 Å². The molecule has 0 unspecified atom stereocenters. The van der Waals surface area contributed by atoms with Gasteiger partial charge in [0.05, 0.1) is 5.97 Å². The second-order valence-electron chi connectivity index (χ2n) is 2.98. The van der Waals surface area contributed by atoms with Gasteiger partial charge in [-0.05, 0) is 37.1 Å². The number of carboxylic acids is 1. The average molecular weight is 218 g/mol. The molecule has 3 nitrogen and oxygen atoms in total. The Morgan fingerprint density at radius 2 is 1.79 bits per heavy atom. The third-order valence-electron chi connectivity index (χ3n) is 1.55. The molecule has 0 saturated heterocycles. The van der Waals surface area contributed by atoms with Crippen LogP contribution in [0.15, 0.2) is 18.2 Å². The molecule has 0 bridgehead atoms. The van der Waals surface area contributed by atoms with E-state index in [1.807, 2.05) is 19.9 Å². The third kappa shape index (κ3) is 5.12. The van der Waals surface area contributed by atoms with Crippen LogP contribution in [0.5, 0.6) is 5.75 Å². The predicted molar refractivity (Wildman–Crippen MR) is 46.4 cm³/mol. The summed E-state index contributed by atoms with van der Waals surface area (Å²) >= 11 is 0. The first-order chi connectivity index (χ1) is 6.08. The van der Waals surface area contributed by atoms with Crippen molar-refractivity contribution >= 4 is 5.97 Å². The van der Waals surface area contributed by atoms with E-state index in [1.165, 1.54) is 0 Å². The van der Waals surface area contributed by atoms with Gasteiger partial charge in [0.1, 0.15) is 12.4 Å². The molecule has 0 aliphatic rings. The molecule has 0 N–H and O–H groups in total. The van der Waals surface area contributed by atoms with Crippen LogP contribution in [0.3, 0.4) is 0 Å². The fourth-order valence-electron chi connectivity index (χ4n) is 1.16. The molecule has 0 fully saturated rings. The number of benzene rings is 1. The van der Waals surface area contributed by atoms with Gasteiger partial charge in [0.2, 0.25) is 0 Å². The predicted octanol–water partition coefficient (Wildman–Crippen LogP) is -2.56. The molecule has 0 aromatic heterocycles. The van der Waals surface area contributed by atoms with Crippen LogP contribution in [-0.4, -0.2) is 12.6 Å². The van der Waals surface area contributed by atoms with E-state index in [0.29, 0.717) is 5.75 Å². The number of aryl methyl sites for hydroxylation is 2. The Balaban J connectivity index is 0.00000169. The van der Waals surface area contributed by atoms with E-state index in [2.05, 4.69) is 0 Å². The number of hydrogen-bond acceptors (Lipinski definition) is 3. The van der Waals surface area contributed by atoms with Crippen molar-refractivity contribution in [2.45, 2.75) is 13.8 Å². The first-order valence-electron chi connectivity index (χ1n) is 3.99. The molecule has 1 rings (SSSR count). The monoisotopic (exact) mass is 218 g/mol. The normalized spacial score (nSPS) is 9.00. The largest absolute Gasteiger partial charge is 1.00 e. The smallest absolute Gasteiger partial charge is 0.546 e. The van der Waals surface area contributed by atoms with Crippen LogP contribution in [0.2, 0.25) is 0 Å². The van der Waals surface area contributed by atoms with Crippen LogP contribution in [-0.2, 0) is 4.79 Å². The standard InChI is InChI=1S/C10H12O3.K/c1-7-3-8(2)5-9(4-7)13-6-10(11)12;/h3-5H,6H2,1-2H3,(H,11,12);/q;+1/p-1. The number of carbonyl (C=O) groups excluding carboxylic acids is 1. The third-order valence-corrected chi connectivity index (χ3v) is 1.55. The average Bonchev–Trinajstić information content (AvgIpc) is 1.99. The van der Waals surface area contributed by atoms with Crippen molar-refractivity contribution in [3.8, 4) is 5.75 Å². The zero-order valence-electron chi connectivity index (χ0n) is 8.66. The molecular formula is C10H11KO3. The molecule has 1 aromatic carbocycles. The van der Waals surface area contributed by atoms with Gasteiger partial charge in [-0.1, -0.05) is 6.07 Å². The molecule has 0 aliphatic carbocycles. The second-order valence-corrected chi connectivity index (χ2v) is 2.98. The van der Waals surface area contributed by atoms with Crippen LogP contribution >= 0.6 is 0 Å². The molecule has 0 atom stereocenters. The first kappa shape index (κ1) is 14.1. The van der Waals surface area contributed by atoms with Crippen molar-refractivity contribution in [1.82, 2.24) is 0 Å². The Kier molecular flexibility index (Phi) is 6.64. The molecule has 0 saturated carbocycles. The minimum Gasteiger partial charge on any atom is -0.546 e. The minimum atomic E-state index is -1.21. The second kappa shape index (κ2) is 6.58. The first-order valence-corrected chi connectivity index (χ1v) is 3.99. The van der Waals surface area contributed by atoms with Gasteiger partial charge >= 0.3 is 51.4 Å². The zero-order valence-corrected chi connectivity index (χ0v) is 11.8. The van der Waals surface area contributed by atoms with Crippen molar-refractivity contribution in [1.29, 1.82) is 0 Å². The van der Waals surface area contributed by atoms with Gasteiger partial charge in [-0.15, -0.1) is 0 Å². The SMILES string of the molecule is Cc1cc(C)cc(OCC(=O)[O-])c1.[K+]. The maximum Gasteiger partial charge on any atom is 1.00 e. The van der Waals surface area contributed by atoms with Crippen LogP contribution in [0.25, 0.3) is 0 Å². The Morgan fingerprint density at radius 1 is 1.29 bits per heavy atom. The Hall–Kier alpha value is 0.126. The van der Waals surface area contributed by atoms with Crippen LogP contribution in [0.1, 0.15) is 11.1 Å². The quantitative estimate of drug-likeness (QED) is 0.524. The van der Waals surface area contributed by atoms with Crippen molar-refractivity contribution in [3.63, 3.8) is 0 Å². The molecule has 70 valence electrons. The Morgan fingerprint density at radius 3 is 2.21 bits per heavy atom. The number of ether oxygens (including phenoxy) is 1. The fourth-order valence-corrected chi connectivity index (χ4v) is 1.16. The summed E-state index contributed by atoms with van der Waals surface area (Å²) in [4.78, 5) is 10.1. The van der Waals surface area contributed by atoms with Crippen molar-refractivity contribution in [2.24, 2.45) is 0 Å². The van der Waals surface area contributed by atoms with Crippen LogP contribution in [0, 0.1) is 13.8 Å². The summed E-state index contributed by atoms with van der Waals surface area (Å²) in [5.74, 6) is -0.638. The molecule has 0 heterocycles. The summed E-state index contributed by atoms with van der Waals surface area (Å²) in [6.07, 6.45) is 0.